The van der Waals surface area contributed by atoms with E-state index in [1.54, 1.807) is 6.21 Å². The summed E-state index contributed by atoms with van der Waals surface area (Å²) in [7, 11) is 0. The first-order valence-electron chi connectivity index (χ1n) is 12.8. The van der Waals surface area contributed by atoms with Crippen LogP contribution >= 0.6 is 0 Å². The zero-order chi connectivity index (χ0) is 26.2. The van der Waals surface area contributed by atoms with E-state index < -0.39 is 0 Å². The van der Waals surface area contributed by atoms with E-state index in [0.717, 1.165) is 28.0 Å². The fourth-order valence-corrected chi connectivity index (χ4v) is 4.62. The number of aryl methyl sites for hydroxylation is 1. The normalized spacial score (nSPS) is 11.9. The average molecular weight is 499 g/mol. The molecule has 0 heterocycles. The number of fused-ring (bicyclic) bond motifs is 1. The fraction of sp³-hybridized carbons (Fsp3) is 0.118. The molecule has 1 unspecified atom stereocenters. The molecule has 0 aliphatic heterocycles. The minimum atomic E-state index is -0.343. The molecular formula is C34H30N2O2. The number of benzene rings is 5. The molecule has 5 aromatic rings. The van der Waals surface area contributed by atoms with Crippen LogP contribution in [0.15, 0.2) is 126 Å². The second-order valence-electron chi connectivity index (χ2n) is 9.33. The van der Waals surface area contributed by atoms with Crippen molar-refractivity contribution in [3.8, 4) is 5.75 Å². The second-order valence-corrected chi connectivity index (χ2v) is 9.33. The average Bonchev–Trinajstić information content (AvgIpc) is 2.96. The maximum Gasteiger partial charge on any atom is 0.247 e. The summed E-state index contributed by atoms with van der Waals surface area (Å²) in [5.74, 6) is 0.263. The maximum absolute atomic E-state index is 13.2. The van der Waals surface area contributed by atoms with Crippen molar-refractivity contribution in [2.24, 2.45) is 5.10 Å². The Hall–Kier alpha value is -4.70. The first-order valence-corrected chi connectivity index (χ1v) is 12.8. The standard InChI is InChI=1S/C34H30N2O2/c1-25-11-5-6-16-29(25)22-33(28-13-3-2-4-14-28)34(37)36-35-23-26-12-9-19-31(21-26)38-24-30-18-10-17-27-15-7-8-20-32(27)30/h2-21,23,33H,22,24H2,1H3,(H,36,37)/b35-23+. The van der Waals surface area contributed by atoms with Gasteiger partial charge >= 0.3 is 0 Å². The largest absolute Gasteiger partial charge is 0.489 e. The molecule has 1 amide bonds. The summed E-state index contributed by atoms with van der Waals surface area (Å²) in [4.78, 5) is 13.2. The summed E-state index contributed by atoms with van der Waals surface area (Å²) < 4.78 is 6.09. The molecular weight excluding hydrogens is 468 g/mol. The first-order chi connectivity index (χ1) is 18.7. The van der Waals surface area contributed by atoms with E-state index in [4.69, 9.17) is 4.74 Å². The van der Waals surface area contributed by atoms with Gasteiger partial charge in [-0.05, 0) is 64.1 Å². The van der Waals surface area contributed by atoms with Crippen LogP contribution in [-0.2, 0) is 17.8 Å². The van der Waals surface area contributed by atoms with Crippen LogP contribution in [0.5, 0.6) is 5.75 Å². The third kappa shape index (κ3) is 6.16. The number of hydrazone groups is 1. The van der Waals surface area contributed by atoms with Gasteiger partial charge in [0.05, 0.1) is 12.1 Å². The van der Waals surface area contributed by atoms with Crippen molar-refractivity contribution in [2.45, 2.75) is 25.9 Å². The minimum absolute atomic E-state index is 0.140. The van der Waals surface area contributed by atoms with Crippen molar-refractivity contribution in [1.29, 1.82) is 0 Å². The first kappa shape index (κ1) is 25.0. The number of nitrogens with zero attached hydrogens (tertiary/aromatic N) is 1. The lowest BCUT2D eigenvalue weighted by Gasteiger charge is -2.17. The molecule has 0 aliphatic rings. The summed E-state index contributed by atoms with van der Waals surface area (Å²) in [6, 6.07) is 40.3. The third-order valence-corrected chi connectivity index (χ3v) is 6.72. The fourth-order valence-electron chi connectivity index (χ4n) is 4.62. The summed E-state index contributed by atoms with van der Waals surface area (Å²) in [5, 5.41) is 6.66. The Labute approximate surface area is 223 Å². The third-order valence-electron chi connectivity index (χ3n) is 6.72. The van der Waals surface area contributed by atoms with Gasteiger partial charge in [-0.1, -0.05) is 109 Å². The van der Waals surface area contributed by atoms with Gasteiger partial charge in [0.25, 0.3) is 0 Å². The number of amides is 1. The second kappa shape index (κ2) is 12.0. The lowest BCUT2D eigenvalue weighted by atomic mass is 9.90. The van der Waals surface area contributed by atoms with Gasteiger partial charge in [-0.3, -0.25) is 4.79 Å². The van der Waals surface area contributed by atoms with Crippen LogP contribution in [0.1, 0.15) is 33.7 Å². The highest BCUT2D eigenvalue weighted by atomic mass is 16.5. The number of ether oxygens (including phenoxy) is 1. The van der Waals surface area contributed by atoms with Crippen LogP contribution in [0.25, 0.3) is 10.8 Å². The molecule has 0 radical (unpaired) electrons. The molecule has 0 spiro atoms. The quantitative estimate of drug-likeness (QED) is 0.173. The SMILES string of the molecule is Cc1ccccc1CC(C(=O)N/N=C/c1cccc(OCc2cccc3ccccc23)c1)c1ccccc1. The maximum atomic E-state index is 13.2. The molecule has 5 rings (SSSR count). The van der Waals surface area contributed by atoms with Gasteiger partial charge in [0.15, 0.2) is 0 Å². The van der Waals surface area contributed by atoms with E-state index in [2.05, 4.69) is 59.9 Å². The number of hydrogen-bond donors (Lipinski definition) is 1. The van der Waals surface area contributed by atoms with Crippen molar-refractivity contribution in [2.75, 3.05) is 0 Å². The molecule has 1 N–H and O–H groups in total. The smallest absolute Gasteiger partial charge is 0.247 e. The molecule has 38 heavy (non-hydrogen) atoms. The van der Waals surface area contributed by atoms with Gasteiger partial charge in [-0.25, -0.2) is 5.43 Å². The molecule has 4 heteroatoms. The Morgan fingerprint density at radius 3 is 2.39 bits per heavy atom. The summed E-state index contributed by atoms with van der Waals surface area (Å²) >= 11 is 0. The van der Waals surface area contributed by atoms with E-state index in [9.17, 15) is 4.79 Å². The van der Waals surface area contributed by atoms with Crippen LogP contribution in [0, 0.1) is 6.92 Å². The van der Waals surface area contributed by atoms with Crippen molar-refractivity contribution in [3.05, 3.63) is 149 Å². The Balaban J connectivity index is 1.25. The van der Waals surface area contributed by atoms with Gasteiger partial charge < -0.3 is 4.74 Å². The molecule has 0 saturated carbocycles. The lowest BCUT2D eigenvalue weighted by molar-refractivity contribution is -0.122. The van der Waals surface area contributed by atoms with E-state index in [0.29, 0.717) is 13.0 Å². The van der Waals surface area contributed by atoms with E-state index in [1.165, 1.54) is 16.3 Å². The topological polar surface area (TPSA) is 50.7 Å². The highest BCUT2D eigenvalue weighted by molar-refractivity contribution is 5.87. The molecule has 5 aromatic carbocycles. The summed E-state index contributed by atoms with van der Waals surface area (Å²) in [6.07, 6.45) is 2.26. The van der Waals surface area contributed by atoms with Crippen LogP contribution in [0.3, 0.4) is 0 Å². The zero-order valence-corrected chi connectivity index (χ0v) is 21.4. The van der Waals surface area contributed by atoms with Crippen LogP contribution < -0.4 is 10.2 Å². The Kier molecular flexibility index (Phi) is 7.90. The molecule has 0 bridgehead atoms. The van der Waals surface area contributed by atoms with Crippen LogP contribution in [-0.4, -0.2) is 12.1 Å². The van der Waals surface area contributed by atoms with Crippen molar-refractivity contribution in [1.82, 2.24) is 5.43 Å². The van der Waals surface area contributed by atoms with Crippen LogP contribution in [0.4, 0.5) is 0 Å². The lowest BCUT2D eigenvalue weighted by Crippen LogP contribution is -2.27. The van der Waals surface area contributed by atoms with Gasteiger partial charge in [-0.2, -0.15) is 5.10 Å². The molecule has 0 aromatic heterocycles. The monoisotopic (exact) mass is 498 g/mol. The predicted molar refractivity (Wildman–Crippen MR) is 155 cm³/mol. The molecule has 0 fully saturated rings. The summed E-state index contributed by atoms with van der Waals surface area (Å²) in [5.41, 5.74) is 8.02. The number of carbonyl (C=O) groups is 1. The number of nitrogens with one attached hydrogen (secondary N) is 1. The number of hydrogen-bond acceptors (Lipinski definition) is 3. The highest BCUT2D eigenvalue weighted by Crippen LogP contribution is 2.24. The minimum Gasteiger partial charge on any atom is -0.489 e. The molecule has 0 aliphatic carbocycles. The van der Waals surface area contributed by atoms with Gasteiger partial charge in [0, 0.05) is 0 Å². The summed E-state index contributed by atoms with van der Waals surface area (Å²) in [6.45, 7) is 2.54. The van der Waals surface area contributed by atoms with Crippen molar-refractivity contribution in [3.63, 3.8) is 0 Å². The van der Waals surface area contributed by atoms with E-state index in [1.807, 2.05) is 78.9 Å². The Morgan fingerprint density at radius 1 is 0.816 bits per heavy atom. The number of rotatable bonds is 9. The Bertz CT molecular complexity index is 1550. The van der Waals surface area contributed by atoms with Crippen LogP contribution in [0.2, 0.25) is 0 Å². The van der Waals surface area contributed by atoms with Gasteiger partial charge in [0.2, 0.25) is 5.91 Å². The predicted octanol–water partition coefficient (Wildman–Crippen LogP) is 7.20. The highest BCUT2D eigenvalue weighted by Gasteiger charge is 2.21. The molecule has 1 atom stereocenters. The molecule has 4 nitrogen and oxygen atoms in total. The van der Waals surface area contributed by atoms with Gasteiger partial charge in [-0.15, -0.1) is 0 Å². The van der Waals surface area contributed by atoms with Gasteiger partial charge in [0.1, 0.15) is 12.4 Å². The molecule has 0 saturated heterocycles. The van der Waals surface area contributed by atoms with E-state index >= 15 is 0 Å². The van der Waals surface area contributed by atoms with Crippen molar-refractivity contribution < 1.29 is 9.53 Å². The molecule has 188 valence electrons. The van der Waals surface area contributed by atoms with Crippen molar-refractivity contribution >= 4 is 22.9 Å². The zero-order valence-electron chi connectivity index (χ0n) is 21.4. The van der Waals surface area contributed by atoms with E-state index in [-0.39, 0.29) is 11.8 Å². The number of carbonyl (C=O) groups excluding carboxylic acids is 1. The Morgan fingerprint density at radius 2 is 1.53 bits per heavy atom.